The number of likely N-dealkylation sites (N-methyl/N-ethyl adjacent to an activating group) is 1. The number of carbonyl (C=O) groups is 2. The number of nitrogens with one attached hydrogen (secondary N) is 2. The quantitative estimate of drug-likeness (QED) is 0.819. The maximum atomic E-state index is 11.9. The molecule has 7 heteroatoms. The van der Waals surface area contributed by atoms with Crippen LogP contribution in [0.3, 0.4) is 0 Å². The summed E-state index contributed by atoms with van der Waals surface area (Å²) in [6.45, 7) is 2.37. The van der Waals surface area contributed by atoms with Gasteiger partial charge in [-0.1, -0.05) is 29.8 Å². The molecule has 0 bridgehead atoms. The first-order valence-corrected chi connectivity index (χ1v) is 8.07. The van der Waals surface area contributed by atoms with Crippen LogP contribution in [-0.4, -0.2) is 42.3 Å². The Hall–Kier alpha value is -2.25. The van der Waals surface area contributed by atoms with Gasteiger partial charge in [-0.05, 0) is 26.6 Å². The lowest BCUT2D eigenvalue weighted by atomic mass is 10.0. The molecular weight excluding hydrogens is 312 g/mol. The molecule has 1 heterocycles. The maximum absolute atomic E-state index is 11.9. The van der Waals surface area contributed by atoms with Crippen LogP contribution in [0.2, 0.25) is 0 Å². The molecule has 2 N–H and O–H groups in total. The fourth-order valence-electron chi connectivity index (χ4n) is 2.10. The molecule has 23 heavy (non-hydrogen) atoms. The van der Waals surface area contributed by atoms with Crippen LogP contribution in [-0.2, 0) is 9.59 Å². The van der Waals surface area contributed by atoms with Crippen molar-refractivity contribution >= 4 is 28.3 Å². The second-order valence-corrected chi connectivity index (χ2v) is 6.29. The Balaban J connectivity index is 1.94. The summed E-state index contributed by atoms with van der Waals surface area (Å²) in [4.78, 5) is 29.6. The summed E-state index contributed by atoms with van der Waals surface area (Å²) < 4.78 is 0. The van der Waals surface area contributed by atoms with Crippen LogP contribution in [0.5, 0.6) is 0 Å². The van der Waals surface area contributed by atoms with E-state index in [0.29, 0.717) is 11.7 Å². The van der Waals surface area contributed by atoms with Gasteiger partial charge in [-0.15, -0.1) is 11.3 Å². The third-order valence-corrected chi connectivity index (χ3v) is 4.09. The van der Waals surface area contributed by atoms with E-state index < -0.39 is 11.8 Å². The average Bonchev–Trinajstić information content (AvgIpc) is 3.01. The number of nitrogens with zero attached hydrogens (tertiary/aromatic N) is 2. The summed E-state index contributed by atoms with van der Waals surface area (Å²) in [6.07, 6.45) is 1.57. The molecule has 122 valence electrons. The summed E-state index contributed by atoms with van der Waals surface area (Å²) in [6, 6.07) is 8.11. The van der Waals surface area contributed by atoms with Crippen LogP contribution in [0, 0.1) is 6.92 Å². The van der Waals surface area contributed by atoms with E-state index in [2.05, 4.69) is 15.6 Å². The van der Waals surface area contributed by atoms with Gasteiger partial charge in [0.15, 0.2) is 5.13 Å². The standard InChI is InChI=1S/C16H20N4O2S/c1-11-4-6-12(7-5-11)13(20(2)3)10-18-14(21)15(22)19-16-17-8-9-23-16/h4-9,13H,10H2,1-3H3,(H,18,21)(H,17,19,22)/t13-/m1/s1. The summed E-state index contributed by atoms with van der Waals surface area (Å²) in [5.74, 6) is -1.37. The molecule has 0 saturated heterocycles. The molecule has 0 radical (unpaired) electrons. The summed E-state index contributed by atoms with van der Waals surface area (Å²) in [5.41, 5.74) is 2.26. The third kappa shape index (κ3) is 4.87. The second kappa shape index (κ2) is 7.85. The highest BCUT2D eigenvalue weighted by Gasteiger charge is 2.19. The highest BCUT2D eigenvalue weighted by molar-refractivity contribution is 7.13. The summed E-state index contributed by atoms with van der Waals surface area (Å²) >= 11 is 1.26. The first kappa shape index (κ1) is 17.1. The van der Waals surface area contributed by atoms with Crippen LogP contribution < -0.4 is 10.6 Å². The number of thiazole rings is 1. The lowest BCUT2D eigenvalue weighted by Crippen LogP contribution is -2.40. The Morgan fingerprint density at radius 1 is 1.22 bits per heavy atom. The van der Waals surface area contributed by atoms with Crippen molar-refractivity contribution in [3.05, 3.63) is 47.0 Å². The van der Waals surface area contributed by atoms with Gasteiger partial charge in [0, 0.05) is 18.1 Å². The Morgan fingerprint density at radius 2 is 1.91 bits per heavy atom. The molecule has 0 unspecified atom stereocenters. The minimum atomic E-state index is -0.707. The lowest BCUT2D eigenvalue weighted by molar-refractivity contribution is -0.136. The average molecular weight is 332 g/mol. The monoisotopic (exact) mass is 332 g/mol. The van der Waals surface area contributed by atoms with Crippen molar-refractivity contribution in [3.63, 3.8) is 0 Å². The number of hydrogen-bond acceptors (Lipinski definition) is 5. The van der Waals surface area contributed by atoms with Crippen LogP contribution >= 0.6 is 11.3 Å². The lowest BCUT2D eigenvalue weighted by Gasteiger charge is -2.25. The Labute approximate surface area is 139 Å². The van der Waals surface area contributed by atoms with E-state index in [1.54, 1.807) is 11.6 Å². The van der Waals surface area contributed by atoms with Gasteiger partial charge >= 0.3 is 11.8 Å². The van der Waals surface area contributed by atoms with E-state index >= 15 is 0 Å². The van der Waals surface area contributed by atoms with E-state index in [0.717, 1.165) is 5.56 Å². The van der Waals surface area contributed by atoms with Gasteiger partial charge in [0.05, 0.1) is 6.04 Å². The van der Waals surface area contributed by atoms with Crippen LogP contribution in [0.15, 0.2) is 35.8 Å². The SMILES string of the molecule is Cc1ccc([C@@H](CNC(=O)C(=O)Nc2nccs2)N(C)C)cc1. The van der Waals surface area contributed by atoms with Crippen molar-refractivity contribution in [1.29, 1.82) is 0 Å². The van der Waals surface area contributed by atoms with Crippen molar-refractivity contribution in [2.24, 2.45) is 0 Å². The van der Waals surface area contributed by atoms with Gasteiger partial charge in [-0.2, -0.15) is 0 Å². The molecule has 0 aliphatic rings. The van der Waals surface area contributed by atoms with E-state index in [4.69, 9.17) is 0 Å². The smallest absolute Gasteiger partial charge is 0.315 e. The van der Waals surface area contributed by atoms with E-state index in [1.807, 2.05) is 50.2 Å². The van der Waals surface area contributed by atoms with Gasteiger partial charge < -0.3 is 10.2 Å². The van der Waals surface area contributed by atoms with Gasteiger partial charge in [-0.3, -0.25) is 14.9 Å². The predicted octanol–water partition coefficient (Wildman–Crippen LogP) is 1.81. The molecule has 0 aliphatic carbocycles. The minimum absolute atomic E-state index is 0.00721. The zero-order valence-corrected chi connectivity index (χ0v) is 14.2. The van der Waals surface area contributed by atoms with Gasteiger partial charge in [0.1, 0.15) is 0 Å². The Morgan fingerprint density at radius 3 is 2.48 bits per heavy atom. The van der Waals surface area contributed by atoms with Crippen molar-refractivity contribution in [2.75, 3.05) is 26.0 Å². The van der Waals surface area contributed by atoms with Crippen molar-refractivity contribution in [1.82, 2.24) is 15.2 Å². The number of rotatable bonds is 5. The van der Waals surface area contributed by atoms with Crippen molar-refractivity contribution in [2.45, 2.75) is 13.0 Å². The summed E-state index contributed by atoms with van der Waals surface area (Å²) in [7, 11) is 3.87. The fraction of sp³-hybridized carbons (Fsp3) is 0.312. The molecular formula is C16H20N4O2S. The molecule has 2 rings (SSSR count). The molecule has 2 amide bonds. The molecule has 0 spiro atoms. The summed E-state index contributed by atoms with van der Waals surface area (Å²) in [5, 5.41) is 7.28. The topological polar surface area (TPSA) is 74.3 Å². The molecule has 1 aromatic carbocycles. The number of benzene rings is 1. The molecule has 6 nitrogen and oxygen atoms in total. The largest absolute Gasteiger partial charge is 0.346 e. The van der Waals surface area contributed by atoms with Crippen LogP contribution in [0.25, 0.3) is 0 Å². The van der Waals surface area contributed by atoms with Gasteiger partial charge in [0.25, 0.3) is 0 Å². The molecule has 1 atom stereocenters. The molecule has 0 fully saturated rings. The zero-order valence-electron chi connectivity index (χ0n) is 13.4. The number of amides is 2. The molecule has 1 aromatic heterocycles. The van der Waals surface area contributed by atoms with Crippen molar-refractivity contribution < 1.29 is 9.59 Å². The fourth-order valence-corrected chi connectivity index (χ4v) is 2.62. The number of carbonyl (C=O) groups excluding carboxylic acids is 2. The first-order chi connectivity index (χ1) is 11.0. The number of hydrogen-bond donors (Lipinski definition) is 2. The molecule has 2 aromatic rings. The molecule has 0 aliphatic heterocycles. The molecule has 0 saturated carbocycles. The first-order valence-electron chi connectivity index (χ1n) is 7.19. The minimum Gasteiger partial charge on any atom is -0.346 e. The van der Waals surface area contributed by atoms with E-state index in [1.165, 1.54) is 16.9 Å². The van der Waals surface area contributed by atoms with Gasteiger partial charge in [0.2, 0.25) is 0 Å². The van der Waals surface area contributed by atoms with E-state index in [-0.39, 0.29) is 6.04 Å². The second-order valence-electron chi connectivity index (χ2n) is 5.39. The predicted molar refractivity (Wildman–Crippen MR) is 91.4 cm³/mol. The highest BCUT2D eigenvalue weighted by Crippen LogP contribution is 2.18. The number of aryl methyl sites for hydroxylation is 1. The zero-order chi connectivity index (χ0) is 16.8. The normalized spacial score (nSPS) is 12.0. The Bertz CT molecular complexity index is 653. The maximum Gasteiger partial charge on any atom is 0.315 e. The van der Waals surface area contributed by atoms with E-state index in [9.17, 15) is 9.59 Å². The third-order valence-electron chi connectivity index (χ3n) is 3.40. The van der Waals surface area contributed by atoms with Crippen LogP contribution in [0.4, 0.5) is 5.13 Å². The van der Waals surface area contributed by atoms with Crippen molar-refractivity contribution in [3.8, 4) is 0 Å². The number of aromatic nitrogens is 1. The number of anilines is 1. The Kier molecular flexibility index (Phi) is 5.84. The van der Waals surface area contributed by atoms with Gasteiger partial charge in [-0.25, -0.2) is 4.98 Å². The highest BCUT2D eigenvalue weighted by atomic mass is 32.1. The van der Waals surface area contributed by atoms with Crippen LogP contribution in [0.1, 0.15) is 17.2 Å².